The second-order valence-electron chi connectivity index (χ2n) is 8.88. The van der Waals surface area contributed by atoms with Crippen molar-refractivity contribution in [3.63, 3.8) is 0 Å². The van der Waals surface area contributed by atoms with Crippen LogP contribution in [0.5, 0.6) is 0 Å². The molecule has 0 unspecified atom stereocenters. The van der Waals surface area contributed by atoms with E-state index in [0.29, 0.717) is 18.4 Å². The van der Waals surface area contributed by atoms with E-state index in [4.69, 9.17) is 4.42 Å². The van der Waals surface area contributed by atoms with E-state index in [0.717, 1.165) is 12.1 Å². The second-order valence-corrected chi connectivity index (χ2v) is 11.0. The molecule has 3 aromatic rings. The molecule has 1 aliphatic rings. The number of sulfonamides is 1. The summed E-state index contributed by atoms with van der Waals surface area (Å²) in [5.74, 6) is -2.38. The molecular formula is C23H25F2N3O4S. The summed E-state index contributed by atoms with van der Waals surface area (Å²) in [5, 5.41) is 5.12. The average Bonchev–Trinajstić information content (AvgIpc) is 3.20. The minimum Gasteiger partial charge on any atom is -0.392 e. The molecule has 1 aromatic heterocycles. The van der Waals surface area contributed by atoms with Crippen molar-refractivity contribution in [1.82, 2.24) is 14.5 Å². The van der Waals surface area contributed by atoms with Crippen LogP contribution in [0.3, 0.4) is 0 Å². The van der Waals surface area contributed by atoms with Gasteiger partial charge in [-0.15, -0.1) is 5.10 Å². The molecule has 2 heterocycles. The maximum atomic E-state index is 15.1. The Kier molecular flexibility index (Phi) is 6.00. The molecule has 0 saturated carbocycles. The summed E-state index contributed by atoms with van der Waals surface area (Å²) >= 11 is 0. The van der Waals surface area contributed by atoms with Crippen molar-refractivity contribution in [1.29, 1.82) is 0 Å². The molecule has 0 bridgehead atoms. The van der Waals surface area contributed by atoms with Crippen molar-refractivity contribution in [3.05, 3.63) is 87.2 Å². The fraction of sp³-hybridized carbons (Fsp3) is 0.391. The molecule has 0 aliphatic carbocycles. The molecule has 2 aromatic carbocycles. The Morgan fingerprint density at radius 2 is 1.85 bits per heavy atom. The number of nitrogens with zero attached hydrogens (tertiary/aromatic N) is 2. The van der Waals surface area contributed by atoms with E-state index in [9.17, 15) is 13.2 Å². The molecule has 176 valence electrons. The third-order valence-electron chi connectivity index (χ3n) is 6.30. The number of halogens is 2. The third-order valence-corrected chi connectivity index (χ3v) is 8.67. The first-order valence-corrected chi connectivity index (χ1v) is 12.1. The second kappa shape index (κ2) is 8.49. The van der Waals surface area contributed by atoms with E-state index < -0.39 is 38.1 Å². The van der Waals surface area contributed by atoms with Crippen molar-refractivity contribution in [2.75, 3.05) is 0 Å². The first-order valence-electron chi connectivity index (χ1n) is 10.6. The number of benzene rings is 2. The Bertz CT molecular complexity index is 1320. The predicted molar refractivity (Wildman–Crippen MR) is 118 cm³/mol. The summed E-state index contributed by atoms with van der Waals surface area (Å²) in [5.41, 5.74) is -0.681. The van der Waals surface area contributed by atoms with Crippen LogP contribution in [0, 0.1) is 11.6 Å². The summed E-state index contributed by atoms with van der Waals surface area (Å²) in [4.78, 5) is 11.3. The van der Waals surface area contributed by atoms with Crippen molar-refractivity contribution in [2.45, 2.75) is 56.9 Å². The van der Waals surface area contributed by atoms with Crippen LogP contribution in [-0.2, 0) is 22.0 Å². The number of rotatable bonds is 5. The van der Waals surface area contributed by atoms with E-state index in [1.54, 1.807) is 45.0 Å². The van der Waals surface area contributed by atoms with Crippen LogP contribution < -0.4 is 5.76 Å². The van der Waals surface area contributed by atoms with Crippen LogP contribution in [0.2, 0.25) is 0 Å². The molecule has 1 saturated heterocycles. The molecular weight excluding hydrogens is 452 g/mol. The number of aromatic nitrogens is 2. The zero-order valence-electron chi connectivity index (χ0n) is 18.5. The lowest BCUT2D eigenvalue weighted by Crippen LogP contribution is -2.44. The van der Waals surface area contributed by atoms with Gasteiger partial charge in [-0.1, -0.05) is 30.3 Å². The van der Waals surface area contributed by atoms with Gasteiger partial charge < -0.3 is 4.42 Å². The summed E-state index contributed by atoms with van der Waals surface area (Å²) < 4.78 is 63.2. The van der Waals surface area contributed by atoms with Gasteiger partial charge in [-0.3, -0.25) is 0 Å². The maximum absolute atomic E-state index is 15.1. The van der Waals surface area contributed by atoms with Gasteiger partial charge in [0, 0.05) is 23.7 Å². The van der Waals surface area contributed by atoms with Gasteiger partial charge in [-0.25, -0.2) is 27.1 Å². The smallest absolute Gasteiger partial charge is 0.392 e. The maximum Gasteiger partial charge on any atom is 0.434 e. The fourth-order valence-corrected chi connectivity index (χ4v) is 6.51. The lowest BCUT2D eigenvalue weighted by atomic mass is 9.83. The highest BCUT2D eigenvalue weighted by Crippen LogP contribution is 2.39. The van der Waals surface area contributed by atoms with Gasteiger partial charge in [-0.05, 0) is 51.3 Å². The highest BCUT2D eigenvalue weighted by atomic mass is 32.2. The first-order chi connectivity index (χ1) is 15.5. The van der Waals surface area contributed by atoms with E-state index >= 15 is 8.78 Å². The standard InChI is InChI=1S/C23H25F2N3O4S/c1-14-9-10-20(15-7-5-4-6-8-15)33(30,31)28(14)13-16-11-19(25)17(12-18(16)24)23(2,3)21-26-27-22(29)32-21/h4-8,11-12,14,20H,9-10,13H2,1-3H3,(H,27,29)/t14-,20+/m0/s1. The zero-order valence-corrected chi connectivity index (χ0v) is 19.3. The Labute approximate surface area is 190 Å². The number of hydrogen-bond acceptors (Lipinski definition) is 5. The molecule has 4 rings (SSSR count). The Morgan fingerprint density at radius 1 is 1.15 bits per heavy atom. The summed E-state index contributed by atoms with van der Waals surface area (Å²) in [6.45, 7) is 4.58. The Morgan fingerprint density at radius 3 is 2.48 bits per heavy atom. The molecule has 0 amide bonds. The van der Waals surface area contributed by atoms with Gasteiger partial charge in [0.2, 0.25) is 15.9 Å². The van der Waals surface area contributed by atoms with Gasteiger partial charge in [-0.2, -0.15) is 4.31 Å². The van der Waals surface area contributed by atoms with E-state index in [2.05, 4.69) is 10.2 Å². The lowest BCUT2D eigenvalue weighted by Gasteiger charge is -2.37. The normalized spacial score (nSPS) is 21.2. The van der Waals surface area contributed by atoms with E-state index in [1.165, 1.54) is 4.31 Å². The molecule has 33 heavy (non-hydrogen) atoms. The summed E-state index contributed by atoms with van der Waals surface area (Å²) in [6.07, 6.45) is 1.06. The molecule has 1 N–H and O–H groups in total. The van der Waals surface area contributed by atoms with E-state index in [-0.39, 0.29) is 29.6 Å². The van der Waals surface area contributed by atoms with Crippen molar-refractivity contribution >= 4 is 10.0 Å². The molecule has 2 atom stereocenters. The zero-order chi connectivity index (χ0) is 24.0. The van der Waals surface area contributed by atoms with Crippen molar-refractivity contribution < 1.29 is 21.6 Å². The van der Waals surface area contributed by atoms with Crippen LogP contribution >= 0.6 is 0 Å². The third kappa shape index (κ3) is 4.24. The van der Waals surface area contributed by atoms with Crippen molar-refractivity contribution in [2.24, 2.45) is 0 Å². The average molecular weight is 478 g/mol. The number of aromatic amines is 1. The molecule has 0 spiro atoms. The van der Waals surface area contributed by atoms with Crippen LogP contribution in [0.1, 0.15) is 61.4 Å². The first kappa shape index (κ1) is 23.3. The number of H-pyrrole nitrogens is 1. The number of nitrogens with one attached hydrogen (secondary N) is 1. The van der Waals surface area contributed by atoms with Gasteiger partial charge in [0.1, 0.15) is 16.9 Å². The SMILES string of the molecule is C[C@H]1CC[C@H](c2ccccc2)S(=O)(=O)N1Cc1cc(F)c(C(C)(C)c2n[nH]c(=O)o2)cc1F. The molecule has 1 aliphatic heterocycles. The van der Waals surface area contributed by atoms with E-state index in [1.807, 2.05) is 6.07 Å². The fourth-order valence-electron chi connectivity index (χ4n) is 4.32. The highest BCUT2D eigenvalue weighted by molar-refractivity contribution is 7.89. The molecule has 1 fully saturated rings. The highest BCUT2D eigenvalue weighted by Gasteiger charge is 2.41. The minimum absolute atomic E-state index is 0.0595. The Balaban J connectivity index is 1.67. The minimum atomic E-state index is -3.79. The number of hydrogen-bond donors (Lipinski definition) is 1. The van der Waals surface area contributed by atoms with Gasteiger partial charge in [0.15, 0.2) is 0 Å². The Hall–Kier alpha value is -2.85. The molecule has 0 radical (unpaired) electrons. The quantitative estimate of drug-likeness (QED) is 0.599. The van der Waals surface area contributed by atoms with Gasteiger partial charge in [0.05, 0.1) is 5.41 Å². The van der Waals surface area contributed by atoms with Gasteiger partial charge in [0.25, 0.3) is 0 Å². The van der Waals surface area contributed by atoms with Crippen LogP contribution in [0.15, 0.2) is 51.7 Å². The van der Waals surface area contributed by atoms with Crippen LogP contribution in [0.4, 0.5) is 8.78 Å². The van der Waals surface area contributed by atoms with Crippen LogP contribution in [-0.4, -0.2) is 29.0 Å². The predicted octanol–water partition coefficient (Wildman–Crippen LogP) is 4.02. The van der Waals surface area contributed by atoms with Crippen LogP contribution in [0.25, 0.3) is 0 Å². The van der Waals surface area contributed by atoms with Crippen molar-refractivity contribution in [3.8, 4) is 0 Å². The molecule has 7 nitrogen and oxygen atoms in total. The monoisotopic (exact) mass is 477 g/mol. The lowest BCUT2D eigenvalue weighted by molar-refractivity contribution is 0.278. The topological polar surface area (TPSA) is 96.3 Å². The largest absolute Gasteiger partial charge is 0.434 e. The summed E-state index contributed by atoms with van der Waals surface area (Å²) in [6, 6.07) is 10.6. The van der Waals surface area contributed by atoms with Gasteiger partial charge >= 0.3 is 5.76 Å². The summed E-state index contributed by atoms with van der Waals surface area (Å²) in [7, 11) is -3.79. The molecule has 10 heteroatoms.